The fourth-order valence-electron chi connectivity index (χ4n) is 7.04. The Hall–Kier alpha value is -7.78. The van der Waals surface area contributed by atoms with E-state index in [9.17, 15) is 28.8 Å². The van der Waals surface area contributed by atoms with E-state index in [1.807, 2.05) is 0 Å². The lowest BCUT2D eigenvalue weighted by Gasteiger charge is -2.44. The number of benzene rings is 5. The molecule has 15 nitrogen and oxygen atoms in total. The van der Waals surface area contributed by atoms with Gasteiger partial charge in [0.25, 0.3) is 5.75 Å². The number of carbonyl (C=O) groups excluding carboxylic acids is 5. The Morgan fingerprint density at radius 2 is 1.09 bits per heavy atom. The van der Waals surface area contributed by atoms with Crippen molar-refractivity contribution in [3.05, 3.63) is 172 Å². The number of hydrogen-bond acceptors (Lipinski definition) is 15. The van der Waals surface area contributed by atoms with Gasteiger partial charge in [0.1, 0.15) is 24.0 Å². The molecule has 0 spiro atoms. The molecular formula is C51H46O15. The van der Waals surface area contributed by atoms with Crippen LogP contribution in [0.4, 0.5) is 0 Å². The molecule has 0 aliphatic carbocycles. The smallest absolute Gasteiger partial charge is 0.383 e. The van der Waals surface area contributed by atoms with Gasteiger partial charge in [-0.3, -0.25) is 4.79 Å². The molecule has 7 rings (SSSR count). The first kappa shape index (κ1) is 46.2. The molecule has 1 aliphatic heterocycles. The van der Waals surface area contributed by atoms with Crippen LogP contribution in [0.2, 0.25) is 0 Å². The van der Waals surface area contributed by atoms with Gasteiger partial charge in [0, 0.05) is 13.0 Å². The van der Waals surface area contributed by atoms with Gasteiger partial charge in [-0.1, -0.05) is 99.0 Å². The van der Waals surface area contributed by atoms with Crippen LogP contribution in [0, 0.1) is 0 Å². The summed E-state index contributed by atoms with van der Waals surface area (Å²) < 4.78 is 53.9. The number of hydrogen-bond donors (Lipinski definition) is 0. The summed E-state index contributed by atoms with van der Waals surface area (Å²) in [7, 11) is 0. The first-order valence-electron chi connectivity index (χ1n) is 21.3. The van der Waals surface area contributed by atoms with Gasteiger partial charge in [0.15, 0.2) is 18.0 Å². The minimum Gasteiger partial charge on any atom is -0.489 e. The largest absolute Gasteiger partial charge is 0.489 e. The van der Waals surface area contributed by atoms with Crippen LogP contribution in [-0.2, 0) is 28.5 Å². The molecule has 1 aliphatic rings. The average molecular weight is 899 g/mol. The van der Waals surface area contributed by atoms with Crippen molar-refractivity contribution in [2.24, 2.45) is 0 Å². The van der Waals surface area contributed by atoms with Gasteiger partial charge in [-0.15, -0.1) is 0 Å². The Morgan fingerprint density at radius 3 is 1.62 bits per heavy atom. The number of fused-ring (bicyclic) bond motifs is 1. The van der Waals surface area contributed by atoms with Crippen molar-refractivity contribution >= 4 is 40.8 Å². The maximum Gasteiger partial charge on any atom is 0.383 e. The molecular weight excluding hydrogens is 853 g/mol. The van der Waals surface area contributed by atoms with Gasteiger partial charge in [0.2, 0.25) is 12.4 Å². The van der Waals surface area contributed by atoms with E-state index in [0.717, 1.165) is 26.2 Å². The quantitative estimate of drug-likeness (QED) is 0.0346. The molecule has 5 atom stereocenters. The highest BCUT2D eigenvalue weighted by Crippen LogP contribution is 2.37. The lowest BCUT2D eigenvalue weighted by molar-refractivity contribution is -0.275. The molecule has 0 bridgehead atoms. The Balaban J connectivity index is 1.31. The van der Waals surface area contributed by atoms with Gasteiger partial charge in [0.05, 0.1) is 34.2 Å². The zero-order valence-electron chi connectivity index (χ0n) is 36.0. The van der Waals surface area contributed by atoms with E-state index in [1.165, 1.54) is 54.6 Å². The number of carbonyl (C=O) groups is 5. The Labute approximate surface area is 379 Å². The monoisotopic (exact) mass is 898 g/mol. The van der Waals surface area contributed by atoms with Gasteiger partial charge in [-0.2, -0.15) is 0 Å². The third-order valence-electron chi connectivity index (χ3n) is 10.3. The number of unbranched alkanes of at least 4 members (excludes halogenated alkanes) is 3. The maximum atomic E-state index is 14.0. The van der Waals surface area contributed by atoms with E-state index < -0.39 is 78.5 Å². The zero-order chi connectivity index (χ0) is 46.4. The van der Waals surface area contributed by atoms with Gasteiger partial charge in [-0.05, 0) is 67.1 Å². The molecule has 0 radical (unpaired) electrons. The first-order chi connectivity index (χ1) is 32.1. The van der Waals surface area contributed by atoms with Crippen LogP contribution in [0.3, 0.4) is 0 Å². The summed E-state index contributed by atoms with van der Waals surface area (Å²) in [5.74, 6) is -4.60. The van der Waals surface area contributed by atoms with E-state index >= 15 is 0 Å². The van der Waals surface area contributed by atoms with Crippen molar-refractivity contribution in [2.45, 2.75) is 70.2 Å². The lowest BCUT2D eigenvalue weighted by Crippen LogP contribution is -2.63. The van der Waals surface area contributed by atoms with Crippen LogP contribution in [0.1, 0.15) is 81.0 Å². The molecule has 1 aromatic heterocycles. The predicted octanol–water partition coefficient (Wildman–Crippen LogP) is 8.31. The van der Waals surface area contributed by atoms with Crippen LogP contribution >= 0.6 is 0 Å². The molecule has 0 amide bonds. The summed E-state index contributed by atoms with van der Waals surface area (Å²) in [4.78, 5) is 80.6. The van der Waals surface area contributed by atoms with Gasteiger partial charge in [-0.25, -0.2) is 24.0 Å². The molecule has 340 valence electrons. The Kier molecular flexibility index (Phi) is 15.6. The van der Waals surface area contributed by atoms with E-state index in [-0.39, 0.29) is 51.3 Å². The van der Waals surface area contributed by atoms with Crippen molar-refractivity contribution in [3.63, 3.8) is 0 Å². The second-order valence-corrected chi connectivity index (χ2v) is 15.0. The zero-order valence-corrected chi connectivity index (χ0v) is 36.0. The van der Waals surface area contributed by atoms with E-state index in [1.54, 1.807) is 84.9 Å². The molecule has 15 heteroatoms. The molecule has 0 saturated carbocycles. The van der Waals surface area contributed by atoms with Crippen LogP contribution in [-0.4, -0.2) is 73.8 Å². The summed E-state index contributed by atoms with van der Waals surface area (Å²) in [6, 6.07) is 36.3. The normalized spacial score (nSPS) is 17.8. The van der Waals surface area contributed by atoms with Crippen molar-refractivity contribution < 1.29 is 66.3 Å². The maximum absolute atomic E-state index is 14.0. The molecule has 1 saturated heterocycles. The molecule has 0 N–H and O–H groups in total. The third-order valence-corrected chi connectivity index (χ3v) is 10.3. The molecule has 66 heavy (non-hydrogen) atoms. The SMILES string of the molecule is CCCCCCOc1c(OC(C)=O)c(=O)oc2cc(O[C@@H]3O[C@H](COC(=O)c4ccccc4)[C@H](OC(=O)c4ccccc4)[C@H](OC(=O)c4ccccc4)[C@H]3OC(=O)c3ccccc3)ccc12. The number of rotatable bonds is 18. The van der Waals surface area contributed by atoms with Crippen molar-refractivity contribution in [1.29, 1.82) is 0 Å². The first-order valence-corrected chi connectivity index (χ1v) is 21.3. The van der Waals surface area contributed by atoms with Gasteiger partial charge < -0.3 is 42.3 Å². The third kappa shape index (κ3) is 11.7. The standard InChI is InChI=1S/C51H46O15/c1-3-4-5-18-29-58-41-38-28-27-37(30-39(38)62-50(57)44(41)60-32(2)52)61-51-45(66-49(56)36-25-16-9-17-26-36)43(65-48(55)35-23-14-8-15-24-35)42(64-47(54)34-21-12-7-13-22-34)40(63-51)31-59-46(53)33-19-10-6-11-20-33/h6-17,19-28,30,40,42-43,45,51H,3-5,18,29,31H2,1-2H3/t40-,42+,43+,45-,51-/m1/s1. The van der Waals surface area contributed by atoms with Crippen LogP contribution < -0.4 is 19.8 Å². The summed E-state index contributed by atoms with van der Waals surface area (Å²) in [6.45, 7) is 2.85. The number of ether oxygens (including phenoxy) is 8. The van der Waals surface area contributed by atoms with E-state index in [4.69, 9.17) is 42.3 Å². The molecule has 2 heterocycles. The lowest BCUT2D eigenvalue weighted by atomic mass is 9.97. The van der Waals surface area contributed by atoms with Crippen molar-refractivity contribution in [1.82, 2.24) is 0 Å². The van der Waals surface area contributed by atoms with Crippen LogP contribution in [0.25, 0.3) is 11.0 Å². The highest BCUT2D eigenvalue weighted by atomic mass is 16.7. The van der Waals surface area contributed by atoms with E-state index in [0.29, 0.717) is 6.42 Å². The summed E-state index contributed by atoms with van der Waals surface area (Å²) in [5.41, 5.74) is -0.491. The summed E-state index contributed by atoms with van der Waals surface area (Å²) in [6.07, 6.45) is -4.62. The second-order valence-electron chi connectivity index (χ2n) is 15.0. The highest BCUT2D eigenvalue weighted by Gasteiger charge is 2.54. The minimum absolute atomic E-state index is 0.0145. The second kappa shape index (κ2) is 22.2. The predicted molar refractivity (Wildman–Crippen MR) is 236 cm³/mol. The van der Waals surface area contributed by atoms with Crippen molar-refractivity contribution in [3.8, 4) is 17.2 Å². The minimum atomic E-state index is -1.70. The Bertz CT molecular complexity index is 2670. The van der Waals surface area contributed by atoms with E-state index in [2.05, 4.69) is 6.92 Å². The molecule has 1 fully saturated rings. The Morgan fingerprint density at radius 1 is 0.576 bits per heavy atom. The van der Waals surface area contributed by atoms with Gasteiger partial charge >= 0.3 is 35.5 Å². The van der Waals surface area contributed by atoms with Crippen LogP contribution in [0.15, 0.2) is 149 Å². The fraction of sp³-hybridized carbons (Fsp3) is 0.255. The molecule has 5 aromatic carbocycles. The highest BCUT2D eigenvalue weighted by molar-refractivity contribution is 5.92. The summed E-state index contributed by atoms with van der Waals surface area (Å²) in [5, 5.41) is 0.263. The topological polar surface area (TPSA) is 189 Å². The molecule has 0 unspecified atom stereocenters. The van der Waals surface area contributed by atoms with Crippen molar-refractivity contribution in [2.75, 3.05) is 13.2 Å². The molecule has 6 aromatic rings. The van der Waals surface area contributed by atoms with Crippen LogP contribution in [0.5, 0.6) is 17.2 Å². The number of esters is 5. The summed E-state index contributed by atoms with van der Waals surface area (Å²) >= 11 is 0. The average Bonchev–Trinajstić information content (AvgIpc) is 3.34. The fourth-order valence-corrected chi connectivity index (χ4v) is 7.04.